The molecule has 1 unspecified atom stereocenters. The number of amides is 1. The molecule has 0 aromatic carbocycles. The number of rotatable bonds is 6. The minimum absolute atomic E-state index is 0.0475. The van der Waals surface area contributed by atoms with Gasteiger partial charge in [0.1, 0.15) is 0 Å². The zero-order valence-electron chi connectivity index (χ0n) is 17.2. The molecule has 3 heterocycles. The third kappa shape index (κ3) is 5.41. The molecule has 0 aliphatic carbocycles. The number of hydrogen-bond donors (Lipinski definition) is 0. The molecule has 27 heavy (non-hydrogen) atoms. The maximum Gasteiger partial charge on any atom is 0.276 e. The Kier molecular flexibility index (Phi) is 7.05. The highest BCUT2D eigenvalue weighted by atomic mass is 16.2. The van der Waals surface area contributed by atoms with Crippen LogP contribution in [0.3, 0.4) is 0 Å². The van der Waals surface area contributed by atoms with E-state index in [4.69, 9.17) is 0 Å². The quantitative estimate of drug-likeness (QED) is 0.714. The van der Waals surface area contributed by atoms with Gasteiger partial charge in [-0.15, -0.1) is 5.10 Å². The fraction of sp³-hybridized carbons (Fsp3) is 0.762. The monoisotopic (exact) mass is 373 g/mol. The number of nitrogens with zero attached hydrogens (tertiary/aromatic N) is 5. The van der Waals surface area contributed by atoms with Crippen molar-refractivity contribution in [2.24, 2.45) is 0 Å². The van der Waals surface area contributed by atoms with Gasteiger partial charge in [-0.25, -0.2) is 4.68 Å². The zero-order valence-corrected chi connectivity index (χ0v) is 17.2. The minimum Gasteiger partial charge on any atom is -0.337 e. The Labute approximate surface area is 163 Å². The molecule has 1 amide bonds. The fourth-order valence-corrected chi connectivity index (χ4v) is 4.20. The number of likely N-dealkylation sites (tertiary alicyclic amines) is 2. The molecule has 0 bridgehead atoms. The van der Waals surface area contributed by atoms with E-state index in [1.165, 1.54) is 18.4 Å². The summed E-state index contributed by atoms with van der Waals surface area (Å²) in [4.78, 5) is 17.1. The summed E-state index contributed by atoms with van der Waals surface area (Å²) in [5.74, 6) is 0.0475. The molecule has 2 aliphatic heterocycles. The van der Waals surface area contributed by atoms with Crippen molar-refractivity contribution in [3.8, 4) is 0 Å². The third-order valence-corrected chi connectivity index (χ3v) is 6.01. The van der Waals surface area contributed by atoms with Crippen molar-refractivity contribution in [3.63, 3.8) is 0 Å². The van der Waals surface area contributed by atoms with Gasteiger partial charge in [0, 0.05) is 32.2 Å². The second-order valence-electron chi connectivity index (χ2n) is 8.41. The van der Waals surface area contributed by atoms with Crippen molar-refractivity contribution in [1.82, 2.24) is 24.8 Å². The Balaban J connectivity index is 1.49. The molecule has 2 saturated heterocycles. The molecule has 2 aliphatic rings. The summed E-state index contributed by atoms with van der Waals surface area (Å²) in [7, 11) is 0. The van der Waals surface area contributed by atoms with Crippen LogP contribution in [0.1, 0.15) is 82.2 Å². The SMILES string of the molecule is CC(C)=CCCC(C)N1CCC(n2cc(C(=O)N3CCCCC3)nn2)CC1. The molecule has 0 spiro atoms. The highest BCUT2D eigenvalue weighted by Crippen LogP contribution is 2.24. The first-order valence-corrected chi connectivity index (χ1v) is 10.6. The summed E-state index contributed by atoms with van der Waals surface area (Å²) in [5, 5.41) is 8.47. The predicted octanol–water partition coefficient (Wildman–Crippen LogP) is 3.68. The Hall–Kier alpha value is -1.69. The summed E-state index contributed by atoms with van der Waals surface area (Å²) in [6, 6.07) is 0.982. The lowest BCUT2D eigenvalue weighted by atomic mass is 10.0. The van der Waals surface area contributed by atoms with Crippen molar-refractivity contribution >= 4 is 5.91 Å². The minimum atomic E-state index is 0.0475. The van der Waals surface area contributed by atoms with E-state index >= 15 is 0 Å². The van der Waals surface area contributed by atoms with Gasteiger partial charge in [-0.3, -0.25) is 4.79 Å². The number of carbonyl (C=O) groups is 1. The van der Waals surface area contributed by atoms with Crippen molar-refractivity contribution in [3.05, 3.63) is 23.5 Å². The van der Waals surface area contributed by atoms with E-state index in [0.29, 0.717) is 17.8 Å². The maximum atomic E-state index is 12.6. The van der Waals surface area contributed by atoms with Gasteiger partial charge in [-0.1, -0.05) is 16.9 Å². The largest absolute Gasteiger partial charge is 0.337 e. The average molecular weight is 374 g/mol. The van der Waals surface area contributed by atoms with Gasteiger partial charge in [0.05, 0.1) is 12.2 Å². The van der Waals surface area contributed by atoms with Crippen molar-refractivity contribution in [2.45, 2.75) is 77.8 Å². The summed E-state index contributed by atoms with van der Waals surface area (Å²) >= 11 is 0. The van der Waals surface area contributed by atoms with Crippen molar-refractivity contribution < 1.29 is 4.79 Å². The standard InChI is InChI=1S/C21H35N5O/c1-17(2)8-7-9-18(3)24-14-10-19(11-15-24)26-16-20(22-23-26)21(27)25-12-5-4-6-13-25/h8,16,18-19H,4-7,9-15H2,1-3H3. The second kappa shape index (κ2) is 9.49. The molecule has 0 radical (unpaired) electrons. The molecular formula is C21H35N5O. The van der Waals surface area contributed by atoms with Gasteiger partial charge in [0.25, 0.3) is 5.91 Å². The van der Waals surface area contributed by atoms with E-state index in [2.05, 4.69) is 42.1 Å². The van der Waals surface area contributed by atoms with E-state index in [9.17, 15) is 4.79 Å². The summed E-state index contributed by atoms with van der Waals surface area (Å²) in [6.45, 7) is 10.6. The van der Waals surface area contributed by atoms with Crippen LogP contribution in [0.4, 0.5) is 0 Å². The average Bonchev–Trinajstić information content (AvgIpc) is 3.18. The third-order valence-electron chi connectivity index (χ3n) is 6.01. The zero-order chi connectivity index (χ0) is 19.2. The van der Waals surface area contributed by atoms with Crippen LogP contribution in [-0.4, -0.2) is 62.9 Å². The Morgan fingerprint density at radius 3 is 2.56 bits per heavy atom. The van der Waals surface area contributed by atoms with Crippen LogP contribution in [0, 0.1) is 0 Å². The van der Waals surface area contributed by atoms with Gasteiger partial charge in [-0.2, -0.15) is 0 Å². The smallest absolute Gasteiger partial charge is 0.276 e. The fourth-order valence-electron chi connectivity index (χ4n) is 4.20. The van der Waals surface area contributed by atoms with Crippen LogP contribution in [0.25, 0.3) is 0 Å². The first kappa shape index (κ1) is 20.1. The summed E-state index contributed by atoms with van der Waals surface area (Å²) < 4.78 is 1.93. The normalized spacial score (nSPS) is 20.5. The van der Waals surface area contributed by atoms with Gasteiger partial charge in [0.2, 0.25) is 0 Å². The molecule has 0 N–H and O–H groups in total. The van der Waals surface area contributed by atoms with Crippen molar-refractivity contribution in [1.29, 1.82) is 0 Å². The van der Waals surface area contributed by atoms with Crippen LogP contribution in [0.5, 0.6) is 0 Å². The van der Waals surface area contributed by atoms with Gasteiger partial charge >= 0.3 is 0 Å². The number of piperidine rings is 2. The van der Waals surface area contributed by atoms with E-state index in [1.807, 2.05) is 15.8 Å². The Bertz CT molecular complexity index is 635. The number of aromatic nitrogens is 3. The van der Waals surface area contributed by atoms with Gasteiger partial charge in [0.15, 0.2) is 5.69 Å². The highest BCUT2D eigenvalue weighted by molar-refractivity contribution is 5.91. The first-order chi connectivity index (χ1) is 13.0. The molecule has 6 heteroatoms. The van der Waals surface area contributed by atoms with E-state index < -0.39 is 0 Å². The molecule has 1 aromatic heterocycles. The summed E-state index contributed by atoms with van der Waals surface area (Å²) in [5.41, 5.74) is 1.91. The number of allylic oxidation sites excluding steroid dienone is 2. The molecule has 1 aromatic rings. The maximum absolute atomic E-state index is 12.6. The molecular weight excluding hydrogens is 338 g/mol. The Morgan fingerprint density at radius 1 is 1.19 bits per heavy atom. The van der Waals surface area contributed by atoms with Crippen LogP contribution < -0.4 is 0 Å². The molecule has 3 rings (SSSR count). The van der Waals surface area contributed by atoms with E-state index in [-0.39, 0.29) is 5.91 Å². The lowest BCUT2D eigenvalue weighted by molar-refractivity contribution is 0.0718. The molecule has 0 saturated carbocycles. The lowest BCUT2D eigenvalue weighted by Crippen LogP contribution is -2.40. The topological polar surface area (TPSA) is 54.3 Å². The first-order valence-electron chi connectivity index (χ1n) is 10.6. The molecule has 1 atom stereocenters. The van der Waals surface area contributed by atoms with Crippen LogP contribution in [0.15, 0.2) is 17.8 Å². The van der Waals surface area contributed by atoms with Crippen molar-refractivity contribution in [2.75, 3.05) is 26.2 Å². The van der Waals surface area contributed by atoms with Crippen LogP contribution >= 0.6 is 0 Å². The van der Waals surface area contributed by atoms with Crippen LogP contribution in [0.2, 0.25) is 0 Å². The predicted molar refractivity (Wildman–Crippen MR) is 108 cm³/mol. The van der Waals surface area contributed by atoms with Gasteiger partial charge in [-0.05, 0) is 65.7 Å². The molecule has 2 fully saturated rings. The second-order valence-corrected chi connectivity index (χ2v) is 8.41. The van der Waals surface area contributed by atoms with E-state index in [1.54, 1.807) is 0 Å². The number of carbonyl (C=O) groups excluding carboxylic acids is 1. The molecule has 6 nitrogen and oxygen atoms in total. The van der Waals surface area contributed by atoms with Crippen LogP contribution in [-0.2, 0) is 0 Å². The highest BCUT2D eigenvalue weighted by Gasteiger charge is 2.26. The summed E-state index contributed by atoms with van der Waals surface area (Å²) in [6.07, 6.45) is 12.2. The lowest BCUT2D eigenvalue weighted by Gasteiger charge is -2.35. The molecule has 150 valence electrons. The Morgan fingerprint density at radius 2 is 1.89 bits per heavy atom. The van der Waals surface area contributed by atoms with E-state index in [0.717, 1.165) is 58.3 Å². The van der Waals surface area contributed by atoms with Gasteiger partial charge < -0.3 is 9.80 Å². The number of hydrogen-bond acceptors (Lipinski definition) is 4.